The third-order valence-electron chi connectivity index (χ3n) is 3.16. The summed E-state index contributed by atoms with van der Waals surface area (Å²) in [4.78, 5) is 25.8. The summed E-state index contributed by atoms with van der Waals surface area (Å²) in [6.07, 6.45) is 7.34. The van der Waals surface area contributed by atoms with E-state index in [1.807, 2.05) is 0 Å². The first kappa shape index (κ1) is 15.3. The number of aliphatic carboxylic acids is 1. The van der Waals surface area contributed by atoms with E-state index in [-0.39, 0.29) is 13.1 Å². The molecule has 6 nitrogen and oxygen atoms in total. The largest absolute Gasteiger partial charge is 0.480 e. The van der Waals surface area contributed by atoms with Gasteiger partial charge in [0.1, 0.15) is 6.54 Å². The van der Waals surface area contributed by atoms with Gasteiger partial charge in [0.25, 0.3) is 0 Å². The molecular weight excluding hydrogens is 246 g/mol. The van der Waals surface area contributed by atoms with E-state index in [9.17, 15) is 9.59 Å². The second kappa shape index (κ2) is 7.64. The minimum atomic E-state index is -1.07. The number of hydrogen-bond acceptors (Lipinski definition) is 3. The lowest BCUT2D eigenvalue weighted by Crippen LogP contribution is -2.46. The van der Waals surface area contributed by atoms with Crippen LogP contribution in [0.1, 0.15) is 12.8 Å². The third kappa shape index (κ3) is 5.62. The van der Waals surface area contributed by atoms with Crippen molar-refractivity contribution in [3.05, 3.63) is 0 Å². The monoisotopic (exact) mass is 267 g/mol. The molecule has 1 fully saturated rings. The van der Waals surface area contributed by atoms with Crippen LogP contribution in [0.25, 0.3) is 0 Å². The summed E-state index contributed by atoms with van der Waals surface area (Å²) in [6.45, 7) is 2.23. The van der Waals surface area contributed by atoms with Crippen LogP contribution < -0.4 is 5.32 Å². The molecule has 106 valence electrons. The Balaban J connectivity index is 2.39. The number of nitrogens with zero attached hydrogens (tertiary/aromatic N) is 2. The third-order valence-corrected chi connectivity index (χ3v) is 3.16. The smallest absolute Gasteiger partial charge is 0.323 e. The lowest BCUT2D eigenvalue weighted by Gasteiger charge is -2.30. The molecule has 1 heterocycles. The summed E-state index contributed by atoms with van der Waals surface area (Å²) in [5.74, 6) is 1.64. The predicted molar refractivity (Wildman–Crippen MR) is 71.7 cm³/mol. The Bertz CT molecular complexity index is 365. The summed E-state index contributed by atoms with van der Waals surface area (Å²) in [5.41, 5.74) is 0. The standard InChI is InChI=1S/C13H21N3O3/c1-3-6-16(10-12(17)18)13(19)14-8-11-5-4-7-15(2)9-11/h1,11H,4-10H2,2H3,(H,14,19)(H,17,18). The van der Waals surface area contributed by atoms with E-state index < -0.39 is 12.0 Å². The zero-order valence-electron chi connectivity index (χ0n) is 11.3. The summed E-state index contributed by atoms with van der Waals surface area (Å²) in [5, 5.41) is 11.5. The van der Waals surface area contributed by atoms with Crippen LogP contribution >= 0.6 is 0 Å². The fraction of sp³-hybridized carbons (Fsp3) is 0.692. The van der Waals surface area contributed by atoms with Crippen LogP contribution in [0.3, 0.4) is 0 Å². The number of terminal acetylenes is 1. The van der Waals surface area contributed by atoms with Crippen molar-refractivity contribution in [2.45, 2.75) is 12.8 Å². The van der Waals surface area contributed by atoms with Gasteiger partial charge in [-0.25, -0.2) is 4.79 Å². The summed E-state index contributed by atoms with van der Waals surface area (Å²) in [7, 11) is 2.06. The number of carbonyl (C=O) groups is 2. The maximum Gasteiger partial charge on any atom is 0.323 e. The van der Waals surface area contributed by atoms with Gasteiger partial charge in [-0.1, -0.05) is 5.92 Å². The van der Waals surface area contributed by atoms with Gasteiger partial charge in [0.05, 0.1) is 6.54 Å². The number of urea groups is 1. The molecule has 1 aliphatic heterocycles. The van der Waals surface area contributed by atoms with Crippen molar-refractivity contribution in [1.29, 1.82) is 0 Å². The zero-order chi connectivity index (χ0) is 14.3. The number of carboxylic acid groups (broad SMARTS) is 1. The van der Waals surface area contributed by atoms with E-state index in [0.717, 1.165) is 30.8 Å². The highest BCUT2D eigenvalue weighted by molar-refractivity contribution is 5.80. The van der Waals surface area contributed by atoms with Gasteiger partial charge in [-0.2, -0.15) is 0 Å². The van der Waals surface area contributed by atoms with Crippen LogP contribution in [0.5, 0.6) is 0 Å². The predicted octanol–water partition coefficient (Wildman–Crippen LogP) is 0.0576. The Morgan fingerprint density at radius 3 is 2.89 bits per heavy atom. The van der Waals surface area contributed by atoms with Crippen molar-refractivity contribution in [3.8, 4) is 12.3 Å². The summed E-state index contributed by atoms with van der Waals surface area (Å²) in [6, 6.07) is -0.409. The van der Waals surface area contributed by atoms with Crippen molar-refractivity contribution in [2.24, 2.45) is 5.92 Å². The number of hydrogen-bond donors (Lipinski definition) is 2. The van der Waals surface area contributed by atoms with Crippen molar-refractivity contribution in [3.63, 3.8) is 0 Å². The van der Waals surface area contributed by atoms with E-state index >= 15 is 0 Å². The number of rotatable bonds is 5. The van der Waals surface area contributed by atoms with Crippen LogP contribution in [-0.2, 0) is 4.79 Å². The molecule has 0 aliphatic carbocycles. The van der Waals surface area contributed by atoms with Crippen LogP contribution in [0.15, 0.2) is 0 Å². The quantitative estimate of drug-likeness (QED) is 0.691. The Morgan fingerprint density at radius 1 is 1.58 bits per heavy atom. The molecule has 1 rings (SSSR count). The molecule has 1 atom stereocenters. The number of likely N-dealkylation sites (tertiary alicyclic amines) is 1. The first-order valence-corrected chi connectivity index (χ1v) is 6.39. The first-order valence-electron chi connectivity index (χ1n) is 6.39. The van der Waals surface area contributed by atoms with Crippen LogP contribution in [-0.4, -0.2) is 66.7 Å². The van der Waals surface area contributed by atoms with Crippen LogP contribution in [0, 0.1) is 18.3 Å². The number of carboxylic acids is 1. The molecule has 0 aromatic carbocycles. The van der Waals surface area contributed by atoms with Gasteiger partial charge in [0, 0.05) is 13.1 Å². The molecule has 0 radical (unpaired) electrons. The minimum Gasteiger partial charge on any atom is -0.480 e. The molecule has 0 saturated carbocycles. The minimum absolute atomic E-state index is 0.00268. The number of carbonyl (C=O) groups excluding carboxylic acids is 1. The van der Waals surface area contributed by atoms with Crippen molar-refractivity contribution in [2.75, 3.05) is 39.8 Å². The highest BCUT2D eigenvalue weighted by Crippen LogP contribution is 2.13. The van der Waals surface area contributed by atoms with E-state index in [1.54, 1.807) is 0 Å². The SMILES string of the molecule is C#CCN(CC(=O)O)C(=O)NCC1CCCN(C)C1. The van der Waals surface area contributed by atoms with Crippen molar-refractivity contribution in [1.82, 2.24) is 15.1 Å². The zero-order valence-corrected chi connectivity index (χ0v) is 11.3. The van der Waals surface area contributed by atoms with Gasteiger partial charge >= 0.3 is 12.0 Å². The first-order chi connectivity index (χ1) is 9.02. The lowest BCUT2D eigenvalue weighted by atomic mass is 9.99. The summed E-state index contributed by atoms with van der Waals surface area (Å²) >= 11 is 0. The maximum absolute atomic E-state index is 11.8. The molecule has 0 aromatic heterocycles. The Morgan fingerprint density at radius 2 is 2.32 bits per heavy atom. The fourth-order valence-electron chi connectivity index (χ4n) is 2.26. The molecule has 2 N–H and O–H groups in total. The van der Waals surface area contributed by atoms with Gasteiger partial charge in [-0.15, -0.1) is 6.42 Å². The maximum atomic E-state index is 11.8. The highest BCUT2D eigenvalue weighted by Gasteiger charge is 2.20. The number of piperidine rings is 1. The van der Waals surface area contributed by atoms with E-state index in [2.05, 4.69) is 23.2 Å². The van der Waals surface area contributed by atoms with E-state index in [1.165, 1.54) is 0 Å². The average Bonchev–Trinajstić information content (AvgIpc) is 2.35. The Labute approximate surface area is 113 Å². The number of nitrogens with one attached hydrogen (secondary N) is 1. The molecular formula is C13H21N3O3. The van der Waals surface area contributed by atoms with Gasteiger partial charge in [0.2, 0.25) is 0 Å². The molecule has 1 aliphatic rings. The fourth-order valence-corrected chi connectivity index (χ4v) is 2.26. The van der Waals surface area contributed by atoms with E-state index in [4.69, 9.17) is 11.5 Å². The molecule has 0 bridgehead atoms. The van der Waals surface area contributed by atoms with Gasteiger partial charge in [-0.05, 0) is 32.4 Å². The van der Waals surface area contributed by atoms with Crippen LogP contribution in [0.2, 0.25) is 0 Å². The number of amides is 2. The molecule has 19 heavy (non-hydrogen) atoms. The van der Waals surface area contributed by atoms with Crippen molar-refractivity contribution >= 4 is 12.0 Å². The van der Waals surface area contributed by atoms with Gasteiger partial charge < -0.3 is 20.2 Å². The van der Waals surface area contributed by atoms with Crippen molar-refractivity contribution < 1.29 is 14.7 Å². The molecule has 2 amide bonds. The lowest BCUT2D eigenvalue weighted by molar-refractivity contribution is -0.137. The normalized spacial score (nSPS) is 19.5. The Kier molecular flexibility index (Phi) is 6.16. The van der Waals surface area contributed by atoms with E-state index in [0.29, 0.717) is 12.5 Å². The average molecular weight is 267 g/mol. The molecule has 6 heteroatoms. The molecule has 1 unspecified atom stereocenters. The van der Waals surface area contributed by atoms with Crippen LogP contribution in [0.4, 0.5) is 4.79 Å². The molecule has 0 spiro atoms. The van der Waals surface area contributed by atoms with Gasteiger partial charge in [-0.3, -0.25) is 4.79 Å². The van der Waals surface area contributed by atoms with Gasteiger partial charge in [0.15, 0.2) is 0 Å². The molecule has 0 aromatic rings. The summed E-state index contributed by atoms with van der Waals surface area (Å²) < 4.78 is 0. The highest BCUT2D eigenvalue weighted by atomic mass is 16.4. The second-order valence-electron chi connectivity index (χ2n) is 4.91. The second-order valence-corrected chi connectivity index (χ2v) is 4.91. The Hall–Kier alpha value is -1.74. The molecule has 1 saturated heterocycles. The topological polar surface area (TPSA) is 72.9 Å².